The number of carbonyl (C=O) groups excluding carboxylic acids is 2. The molecule has 6 nitrogen and oxygen atoms in total. The number of anilines is 1. The highest BCUT2D eigenvalue weighted by molar-refractivity contribution is 7.13. The number of amides is 1. The van der Waals surface area contributed by atoms with Crippen molar-refractivity contribution in [1.82, 2.24) is 9.88 Å². The summed E-state index contributed by atoms with van der Waals surface area (Å²) in [6.07, 6.45) is 0.207. The van der Waals surface area contributed by atoms with E-state index in [1.54, 1.807) is 35.6 Å². The highest BCUT2D eigenvalue weighted by Gasteiger charge is 2.13. The first-order valence-corrected chi connectivity index (χ1v) is 11.2. The van der Waals surface area contributed by atoms with E-state index in [2.05, 4.69) is 39.5 Å². The lowest BCUT2D eigenvalue weighted by Gasteiger charge is -2.26. The molecule has 7 heteroatoms. The van der Waals surface area contributed by atoms with Crippen molar-refractivity contribution in [2.45, 2.75) is 19.9 Å². The summed E-state index contributed by atoms with van der Waals surface area (Å²) in [6, 6.07) is 15.3. The Bertz CT molecular complexity index is 1060. The summed E-state index contributed by atoms with van der Waals surface area (Å²) in [7, 11) is 0. The highest BCUT2D eigenvalue weighted by atomic mass is 32.1. The molecule has 1 aliphatic heterocycles. The smallest absolute Gasteiger partial charge is 0.230 e. The van der Waals surface area contributed by atoms with Crippen molar-refractivity contribution in [2.75, 3.05) is 31.6 Å². The van der Waals surface area contributed by atoms with Crippen LogP contribution < -0.4 is 5.32 Å². The van der Waals surface area contributed by atoms with Crippen molar-refractivity contribution in [2.24, 2.45) is 0 Å². The number of aromatic nitrogens is 1. The minimum absolute atomic E-state index is 0.00175. The van der Waals surface area contributed by atoms with Gasteiger partial charge in [-0.25, -0.2) is 4.98 Å². The fourth-order valence-corrected chi connectivity index (χ4v) is 4.32. The number of rotatable bonds is 7. The predicted molar refractivity (Wildman–Crippen MR) is 122 cm³/mol. The van der Waals surface area contributed by atoms with E-state index in [1.807, 2.05) is 5.38 Å². The van der Waals surface area contributed by atoms with Crippen LogP contribution in [0, 0.1) is 0 Å². The van der Waals surface area contributed by atoms with Gasteiger partial charge in [-0.1, -0.05) is 18.2 Å². The van der Waals surface area contributed by atoms with Gasteiger partial charge in [0.2, 0.25) is 5.91 Å². The van der Waals surface area contributed by atoms with Gasteiger partial charge in [0, 0.05) is 41.8 Å². The number of hydrogen-bond acceptors (Lipinski definition) is 6. The van der Waals surface area contributed by atoms with E-state index >= 15 is 0 Å². The topological polar surface area (TPSA) is 71.5 Å². The molecule has 0 spiro atoms. The molecule has 0 bridgehead atoms. The third kappa shape index (κ3) is 5.85. The molecular formula is C24H25N3O3S. The van der Waals surface area contributed by atoms with Crippen molar-refractivity contribution in [3.8, 4) is 10.6 Å². The molecule has 1 amide bonds. The molecule has 0 unspecified atom stereocenters. The molecule has 0 aliphatic carbocycles. The SMILES string of the molecule is CC(=O)c1ccc(NC(=O)Cc2csc(-c3cccc(CN4CCOCC4)c3)n2)cc1. The van der Waals surface area contributed by atoms with Crippen molar-refractivity contribution in [3.63, 3.8) is 0 Å². The van der Waals surface area contributed by atoms with Gasteiger partial charge < -0.3 is 10.1 Å². The molecule has 2 heterocycles. The number of nitrogens with zero attached hydrogens (tertiary/aromatic N) is 2. The summed E-state index contributed by atoms with van der Waals surface area (Å²) in [5.41, 5.74) is 4.36. The summed E-state index contributed by atoms with van der Waals surface area (Å²) in [6.45, 7) is 5.92. The Hall–Kier alpha value is -2.87. The van der Waals surface area contributed by atoms with Crippen LogP contribution in [-0.4, -0.2) is 47.9 Å². The maximum Gasteiger partial charge on any atom is 0.230 e. The van der Waals surface area contributed by atoms with Crippen LogP contribution in [0.4, 0.5) is 5.69 Å². The van der Waals surface area contributed by atoms with Crippen LogP contribution in [0.25, 0.3) is 10.6 Å². The Labute approximate surface area is 185 Å². The molecule has 1 aliphatic rings. The molecule has 0 atom stereocenters. The van der Waals surface area contributed by atoms with Crippen molar-refractivity contribution >= 4 is 28.7 Å². The summed E-state index contributed by atoms with van der Waals surface area (Å²) in [5, 5.41) is 5.71. The normalized spacial score (nSPS) is 14.4. The molecule has 4 rings (SSSR count). The number of thiazole rings is 1. The van der Waals surface area contributed by atoms with Crippen LogP contribution in [0.1, 0.15) is 28.5 Å². The largest absolute Gasteiger partial charge is 0.379 e. The average molecular weight is 436 g/mol. The zero-order valence-corrected chi connectivity index (χ0v) is 18.3. The number of Topliss-reactive ketones (excluding diaryl/α,β-unsaturated/α-hetero) is 1. The van der Waals surface area contributed by atoms with Crippen LogP contribution >= 0.6 is 11.3 Å². The molecule has 160 valence electrons. The molecule has 1 N–H and O–H groups in total. The van der Waals surface area contributed by atoms with E-state index in [9.17, 15) is 9.59 Å². The molecule has 1 aromatic heterocycles. The third-order valence-electron chi connectivity index (χ3n) is 5.15. The van der Waals surface area contributed by atoms with E-state index in [0.29, 0.717) is 11.3 Å². The third-order valence-corrected chi connectivity index (χ3v) is 6.09. The quantitative estimate of drug-likeness (QED) is 0.568. The fraction of sp³-hybridized carbons (Fsp3) is 0.292. The second-order valence-corrected chi connectivity index (χ2v) is 8.45. The summed E-state index contributed by atoms with van der Waals surface area (Å²) < 4.78 is 5.42. The van der Waals surface area contributed by atoms with Crippen LogP contribution in [0.15, 0.2) is 53.9 Å². The maximum absolute atomic E-state index is 12.4. The van der Waals surface area contributed by atoms with Gasteiger partial charge in [-0.2, -0.15) is 0 Å². The number of ether oxygens (including phenoxy) is 1. The lowest BCUT2D eigenvalue weighted by molar-refractivity contribution is -0.115. The number of carbonyl (C=O) groups is 2. The van der Waals surface area contributed by atoms with Crippen LogP contribution in [0.3, 0.4) is 0 Å². The Balaban J connectivity index is 1.37. The van der Waals surface area contributed by atoms with Gasteiger partial charge in [0.25, 0.3) is 0 Å². The van der Waals surface area contributed by atoms with Crippen molar-refractivity contribution in [3.05, 3.63) is 70.7 Å². The first-order valence-electron chi connectivity index (χ1n) is 10.3. The Kier molecular flexibility index (Phi) is 6.86. The Morgan fingerprint density at radius 1 is 1.13 bits per heavy atom. The molecule has 1 saturated heterocycles. The zero-order valence-electron chi connectivity index (χ0n) is 17.5. The summed E-state index contributed by atoms with van der Waals surface area (Å²) in [5.74, 6) is -0.129. The van der Waals surface area contributed by atoms with Gasteiger partial charge >= 0.3 is 0 Å². The lowest BCUT2D eigenvalue weighted by Crippen LogP contribution is -2.35. The number of benzene rings is 2. The first kappa shape index (κ1) is 21.4. The number of ketones is 1. The number of morpholine rings is 1. The van der Waals surface area contributed by atoms with Gasteiger partial charge in [-0.05, 0) is 42.8 Å². The number of hydrogen-bond donors (Lipinski definition) is 1. The molecule has 1 fully saturated rings. The standard InChI is InChI=1S/C24H25N3O3S/c1-17(28)19-5-7-21(8-6-19)25-23(29)14-22-16-31-24(26-22)20-4-2-3-18(13-20)15-27-9-11-30-12-10-27/h2-8,13,16H,9-12,14-15H2,1H3,(H,25,29). The van der Waals surface area contributed by atoms with E-state index in [-0.39, 0.29) is 18.1 Å². The van der Waals surface area contributed by atoms with Gasteiger partial charge in [0.05, 0.1) is 25.3 Å². The van der Waals surface area contributed by atoms with Gasteiger partial charge in [-0.3, -0.25) is 14.5 Å². The minimum Gasteiger partial charge on any atom is -0.379 e. The molecule has 0 radical (unpaired) electrons. The molecular weight excluding hydrogens is 410 g/mol. The highest BCUT2D eigenvalue weighted by Crippen LogP contribution is 2.25. The van der Waals surface area contributed by atoms with E-state index < -0.39 is 0 Å². The molecule has 31 heavy (non-hydrogen) atoms. The number of nitrogens with one attached hydrogen (secondary N) is 1. The van der Waals surface area contributed by atoms with Crippen LogP contribution in [0.2, 0.25) is 0 Å². The maximum atomic E-state index is 12.4. The predicted octanol–water partition coefficient (Wildman–Crippen LogP) is 4.03. The van der Waals surface area contributed by atoms with Gasteiger partial charge in [-0.15, -0.1) is 11.3 Å². The summed E-state index contributed by atoms with van der Waals surface area (Å²) >= 11 is 1.55. The van der Waals surface area contributed by atoms with Crippen molar-refractivity contribution < 1.29 is 14.3 Å². The first-order chi connectivity index (χ1) is 15.1. The van der Waals surface area contributed by atoms with Crippen LogP contribution in [-0.2, 0) is 22.5 Å². The Morgan fingerprint density at radius 2 is 1.90 bits per heavy atom. The summed E-state index contributed by atoms with van der Waals surface area (Å²) in [4.78, 5) is 30.8. The van der Waals surface area contributed by atoms with Crippen molar-refractivity contribution in [1.29, 1.82) is 0 Å². The van der Waals surface area contributed by atoms with Gasteiger partial charge in [0.15, 0.2) is 5.78 Å². The van der Waals surface area contributed by atoms with Gasteiger partial charge in [0.1, 0.15) is 5.01 Å². The van der Waals surface area contributed by atoms with Crippen LogP contribution in [0.5, 0.6) is 0 Å². The minimum atomic E-state index is -0.131. The monoisotopic (exact) mass is 435 g/mol. The zero-order chi connectivity index (χ0) is 21.6. The molecule has 0 saturated carbocycles. The molecule has 3 aromatic rings. The van der Waals surface area contributed by atoms with E-state index in [0.717, 1.165) is 49.1 Å². The Morgan fingerprint density at radius 3 is 2.65 bits per heavy atom. The fourth-order valence-electron chi connectivity index (χ4n) is 3.50. The van der Waals surface area contributed by atoms with E-state index in [4.69, 9.17) is 4.74 Å². The average Bonchev–Trinajstić information content (AvgIpc) is 3.23. The van der Waals surface area contributed by atoms with E-state index in [1.165, 1.54) is 12.5 Å². The second-order valence-electron chi connectivity index (χ2n) is 7.59. The molecule has 2 aromatic carbocycles. The second kappa shape index (κ2) is 9.96. The lowest BCUT2D eigenvalue weighted by atomic mass is 10.1.